The third-order valence-corrected chi connectivity index (χ3v) is 6.30. The molecule has 5 rings (SSSR count). The molecule has 1 atom stereocenters. The zero-order chi connectivity index (χ0) is 24.7. The first-order valence-electron chi connectivity index (χ1n) is 11.0. The quantitative estimate of drug-likeness (QED) is 0.205. The van der Waals surface area contributed by atoms with Gasteiger partial charge < -0.3 is 14.8 Å². The number of rotatable bonds is 5. The smallest absolute Gasteiger partial charge is 0.300 e. The van der Waals surface area contributed by atoms with Crippen LogP contribution in [-0.2, 0) is 9.59 Å². The highest BCUT2D eigenvalue weighted by atomic mass is 35.5. The second-order valence-corrected chi connectivity index (χ2v) is 8.42. The van der Waals surface area contributed by atoms with Gasteiger partial charge in [0, 0.05) is 33.9 Å². The number of nitrogens with zero attached hydrogens (tertiary/aromatic N) is 1. The van der Waals surface area contributed by atoms with Gasteiger partial charge in [-0.25, -0.2) is 4.39 Å². The van der Waals surface area contributed by atoms with E-state index in [9.17, 15) is 19.1 Å². The normalized spacial score (nSPS) is 17.3. The molecule has 3 aromatic carbocycles. The topological polar surface area (TPSA) is 82.6 Å². The summed E-state index contributed by atoms with van der Waals surface area (Å²) in [5, 5.41) is 12.4. The number of ether oxygens (including phenoxy) is 1. The highest BCUT2D eigenvalue weighted by Crippen LogP contribution is 2.45. The molecule has 0 saturated carbocycles. The van der Waals surface area contributed by atoms with E-state index >= 15 is 0 Å². The van der Waals surface area contributed by atoms with Crippen LogP contribution in [0.5, 0.6) is 5.75 Å². The maximum atomic E-state index is 13.6. The van der Waals surface area contributed by atoms with Gasteiger partial charge in [0.15, 0.2) is 0 Å². The fourth-order valence-electron chi connectivity index (χ4n) is 4.40. The SMILES string of the molecule is CCOc1ccc(Cl)c(/C(O)=C2\C(=O)C(=O)N(c3ccc(F)cc3)C2c2c[nH]c3ccccc23)c1. The van der Waals surface area contributed by atoms with Crippen molar-refractivity contribution in [3.8, 4) is 5.75 Å². The molecule has 1 fully saturated rings. The van der Waals surface area contributed by atoms with Crippen LogP contribution >= 0.6 is 11.6 Å². The zero-order valence-electron chi connectivity index (χ0n) is 18.6. The Labute approximate surface area is 205 Å². The maximum absolute atomic E-state index is 13.6. The van der Waals surface area contributed by atoms with Crippen LogP contribution in [-0.4, -0.2) is 28.4 Å². The number of aliphatic hydroxyl groups excluding tert-OH is 1. The van der Waals surface area contributed by atoms with Crippen molar-refractivity contribution in [1.29, 1.82) is 0 Å². The summed E-state index contributed by atoms with van der Waals surface area (Å²) in [7, 11) is 0. The van der Waals surface area contributed by atoms with Gasteiger partial charge in [-0.2, -0.15) is 0 Å². The molecule has 1 unspecified atom stereocenters. The molecule has 176 valence electrons. The second kappa shape index (κ2) is 8.92. The fraction of sp³-hybridized carbons (Fsp3) is 0.111. The van der Waals surface area contributed by atoms with Gasteiger partial charge in [-0.05, 0) is 55.5 Å². The number of H-pyrrole nitrogens is 1. The Morgan fingerprint density at radius 2 is 1.86 bits per heavy atom. The Kier molecular flexibility index (Phi) is 5.78. The minimum Gasteiger partial charge on any atom is -0.507 e. The molecule has 1 aliphatic rings. The first-order valence-corrected chi connectivity index (χ1v) is 11.3. The van der Waals surface area contributed by atoms with Crippen molar-refractivity contribution in [2.24, 2.45) is 0 Å². The number of benzene rings is 3. The number of ketones is 1. The van der Waals surface area contributed by atoms with Gasteiger partial charge in [0.05, 0.1) is 23.2 Å². The summed E-state index contributed by atoms with van der Waals surface area (Å²) >= 11 is 6.38. The van der Waals surface area contributed by atoms with Gasteiger partial charge in [-0.3, -0.25) is 14.5 Å². The highest BCUT2D eigenvalue weighted by Gasteiger charge is 2.48. The van der Waals surface area contributed by atoms with Gasteiger partial charge in [-0.15, -0.1) is 0 Å². The number of Topliss-reactive ketones (excluding diaryl/α,β-unsaturated/α-hetero) is 1. The van der Waals surface area contributed by atoms with Crippen molar-refractivity contribution in [2.75, 3.05) is 11.5 Å². The van der Waals surface area contributed by atoms with Crippen molar-refractivity contribution in [2.45, 2.75) is 13.0 Å². The number of nitrogens with one attached hydrogen (secondary N) is 1. The molecule has 1 amide bonds. The maximum Gasteiger partial charge on any atom is 0.300 e. The lowest BCUT2D eigenvalue weighted by Gasteiger charge is -2.25. The van der Waals surface area contributed by atoms with Gasteiger partial charge in [0.2, 0.25) is 0 Å². The lowest BCUT2D eigenvalue weighted by molar-refractivity contribution is -0.132. The summed E-state index contributed by atoms with van der Waals surface area (Å²) in [4.78, 5) is 31.1. The van der Waals surface area contributed by atoms with Crippen LogP contribution in [0.4, 0.5) is 10.1 Å². The number of fused-ring (bicyclic) bond motifs is 1. The standard InChI is InChI=1S/C27H20ClFN2O4/c1-2-35-17-11-12-21(28)19(13-17)25(32)23-24(20-14-30-22-6-4-3-5-18(20)22)31(27(34)26(23)33)16-9-7-15(29)8-10-16/h3-14,24,30,32H,2H2,1H3/b25-23+. The van der Waals surface area contributed by atoms with E-state index in [2.05, 4.69) is 4.98 Å². The number of hydrogen-bond acceptors (Lipinski definition) is 4. The first kappa shape index (κ1) is 22.7. The van der Waals surface area contributed by atoms with Crippen molar-refractivity contribution < 1.29 is 23.8 Å². The molecule has 35 heavy (non-hydrogen) atoms. The van der Waals surface area contributed by atoms with Gasteiger partial charge in [0.25, 0.3) is 11.7 Å². The minimum atomic E-state index is -0.983. The van der Waals surface area contributed by atoms with Crippen molar-refractivity contribution in [3.63, 3.8) is 0 Å². The number of anilines is 1. The summed E-state index contributed by atoms with van der Waals surface area (Å²) in [6.45, 7) is 2.21. The Bertz CT molecular complexity index is 1490. The van der Waals surface area contributed by atoms with Gasteiger partial charge in [-0.1, -0.05) is 29.8 Å². The van der Waals surface area contributed by atoms with E-state index in [1.54, 1.807) is 18.3 Å². The van der Waals surface area contributed by atoms with Crippen LogP contribution in [0.3, 0.4) is 0 Å². The molecule has 2 heterocycles. The summed E-state index contributed by atoms with van der Waals surface area (Å²) in [5.41, 5.74) is 1.75. The predicted molar refractivity (Wildman–Crippen MR) is 132 cm³/mol. The molecule has 1 aromatic heterocycles. The largest absolute Gasteiger partial charge is 0.507 e. The van der Waals surface area contributed by atoms with Gasteiger partial charge in [0.1, 0.15) is 17.3 Å². The molecule has 2 N–H and O–H groups in total. The first-order chi connectivity index (χ1) is 16.9. The summed E-state index contributed by atoms with van der Waals surface area (Å²) < 4.78 is 19.2. The Morgan fingerprint density at radius 3 is 2.60 bits per heavy atom. The molecular formula is C27H20ClFN2O4. The molecule has 1 saturated heterocycles. The molecule has 0 radical (unpaired) electrons. The summed E-state index contributed by atoms with van der Waals surface area (Å²) in [6.07, 6.45) is 1.70. The van der Waals surface area contributed by atoms with E-state index in [0.717, 1.165) is 10.9 Å². The third-order valence-electron chi connectivity index (χ3n) is 5.97. The number of aromatic nitrogens is 1. The van der Waals surface area contributed by atoms with E-state index in [1.165, 1.54) is 35.2 Å². The predicted octanol–water partition coefficient (Wildman–Crippen LogP) is 5.99. The number of hydrogen-bond donors (Lipinski definition) is 2. The summed E-state index contributed by atoms with van der Waals surface area (Å²) in [5.74, 6) is -2.16. The zero-order valence-corrected chi connectivity index (χ0v) is 19.3. The molecule has 0 aliphatic carbocycles. The Balaban J connectivity index is 1.77. The van der Waals surface area contributed by atoms with Gasteiger partial charge >= 0.3 is 0 Å². The number of amides is 1. The van der Waals surface area contributed by atoms with E-state index < -0.39 is 29.3 Å². The van der Waals surface area contributed by atoms with Crippen LogP contribution in [0.1, 0.15) is 24.1 Å². The number of para-hydroxylation sites is 1. The van der Waals surface area contributed by atoms with Crippen molar-refractivity contribution in [1.82, 2.24) is 4.98 Å². The van der Waals surface area contributed by atoms with Crippen molar-refractivity contribution in [3.05, 3.63) is 100 Å². The molecule has 1 aliphatic heterocycles. The number of carbonyl (C=O) groups excluding carboxylic acids is 2. The Morgan fingerprint density at radius 1 is 1.11 bits per heavy atom. The number of aromatic amines is 1. The fourth-order valence-corrected chi connectivity index (χ4v) is 4.61. The van der Waals surface area contributed by atoms with Crippen LogP contribution < -0.4 is 9.64 Å². The molecule has 8 heteroatoms. The van der Waals surface area contributed by atoms with Crippen LogP contribution in [0, 0.1) is 5.82 Å². The highest BCUT2D eigenvalue weighted by molar-refractivity contribution is 6.52. The molecule has 0 bridgehead atoms. The lowest BCUT2D eigenvalue weighted by atomic mass is 9.94. The van der Waals surface area contributed by atoms with Crippen LogP contribution in [0.2, 0.25) is 5.02 Å². The second-order valence-electron chi connectivity index (χ2n) is 8.01. The molecule has 0 spiro atoms. The summed E-state index contributed by atoms with van der Waals surface area (Å²) in [6, 6.07) is 16.4. The van der Waals surface area contributed by atoms with E-state index in [0.29, 0.717) is 23.6 Å². The van der Waals surface area contributed by atoms with Crippen LogP contribution in [0.15, 0.2) is 78.5 Å². The molecular weight excluding hydrogens is 471 g/mol. The number of aliphatic hydroxyl groups is 1. The monoisotopic (exact) mass is 490 g/mol. The number of carbonyl (C=O) groups is 2. The lowest BCUT2D eigenvalue weighted by Crippen LogP contribution is -2.29. The van der Waals surface area contributed by atoms with Crippen molar-refractivity contribution >= 4 is 45.6 Å². The average molecular weight is 491 g/mol. The third kappa shape index (κ3) is 3.84. The Hall–Kier alpha value is -4.10. The average Bonchev–Trinajstić information content (AvgIpc) is 3.39. The molecule has 6 nitrogen and oxygen atoms in total. The van der Waals surface area contributed by atoms with E-state index in [4.69, 9.17) is 16.3 Å². The van der Waals surface area contributed by atoms with E-state index in [-0.39, 0.29) is 16.2 Å². The number of halogens is 2. The van der Waals surface area contributed by atoms with Crippen LogP contribution in [0.25, 0.3) is 16.7 Å². The van der Waals surface area contributed by atoms with E-state index in [1.807, 2.05) is 31.2 Å². The molecule has 4 aromatic rings. The minimum absolute atomic E-state index is 0.125.